The van der Waals surface area contributed by atoms with Crippen molar-refractivity contribution >= 4 is 40.1 Å². The predicted octanol–water partition coefficient (Wildman–Crippen LogP) is 6.51. The Morgan fingerprint density at radius 2 is 1.41 bits per heavy atom. The summed E-state index contributed by atoms with van der Waals surface area (Å²) in [5.41, 5.74) is 3.32. The van der Waals surface area contributed by atoms with Gasteiger partial charge in [-0.25, -0.2) is 0 Å². The van der Waals surface area contributed by atoms with E-state index in [2.05, 4.69) is 0 Å². The van der Waals surface area contributed by atoms with E-state index in [0.29, 0.717) is 16.3 Å². The highest BCUT2D eigenvalue weighted by Gasteiger charge is 2.65. The number of carbonyl (C=O) groups is 2. The molecule has 7 rings (SSSR count). The van der Waals surface area contributed by atoms with Crippen molar-refractivity contribution in [3.05, 3.63) is 145 Å². The Labute approximate surface area is 241 Å². The van der Waals surface area contributed by atoms with Crippen molar-refractivity contribution in [2.75, 3.05) is 4.90 Å². The van der Waals surface area contributed by atoms with Crippen molar-refractivity contribution in [2.24, 2.45) is 0 Å². The zero-order chi connectivity index (χ0) is 28.5. The highest BCUT2D eigenvalue weighted by Crippen LogP contribution is 2.53. The molecule has 6 nitrogen and oxygen atoms in total. The first-order chi connectivity index (χ1) is 19.8. The quantitative estimate of drug-likeness (QED) is 0.251. The first-order valence-electron chi connectivity index (χ1n) is 13.4. The maximum atomic E-state index is 14.9. The summed E-state index contributed by atoms with van der Waals surface area (Å²) >= 11 is 6.27. The van der Waals surface area contributed by atoms with Crippen LogP contribution in [0.1, 0.15) is 43.9 Å². The van der Waals surface area contributed by atoms with Gasteiger partial charge in [0.15, 0.2) is 11.0 Å². The van der Waals surface area contributed by atoms with Crippen LogP contribution in [0, 0.1) is 13.8 Å². The van der Waals surface area contributed by atoms with Crippen molar-refractivity contribution in [1.82, 2.24) is 4.90 Å². The van der Waals surface area contributed by atoms with Crippen LogP contribution >= 0.6 is 11.6 Å². The van der Waals surface area contributed by atoms with Gasteiger partial charge in [0.2, 0.25) is 5.76 Å². The van der Waals surface area contributed by atoms with Gasteiger partial charge in [0.1, 0.15) is 5.58 Å². The fourth-order valence-electron chi connectivity index (χ4n) is 6.09. The monoisotopic (exact) mass is 560 g/mol. The topological polar surface area (TPSA) is 70.8 Å². The van der Waals surface area contributed by atoms with Gasteiger partial charge < -0.3 is 14.2 Å². The molecule has 0 aliphatic carbocycles. The molecule has 0 fully saturated rings. The zero-order valence-corrected chi connectivity index (χ0v) is 23.2. The standard InChI is InChI=1S/C34H25ClN2O4/c1-20-7-11-22(12-8-20)18-36-27-6-4-3-5-26(27)34(33(36)40)29-30(38)25-17-24(35)15-16-28(25)41-31(29)32(39)37(34)19-23-13-9-21(2)10-14-23/h3-17H,18-19H2,1-2H3. The number of carbonyl (C=O) groups excluding carboxylic acids is 2. The number of hydrogen-bond donors (Lipinski definition) is 0. The number of anilines is 1. The van der Waals surface area contributed by atoms with E-state index in [-0.39, 0.29) is 41.3 Å². The van der Waals surface area contributed by atoms with Gasteiger partial charge in [0.25, 0.3) is 11.8 Å². The van der Waals surface area contributed by atoms with Gasteiger partial charge in [-0.15, -0.1) is 0 Å². The smallest absolute Gasteiger partial charge is 0.291 e. The van der Waals surface area contributed by atoms with Crippen molar-refractivity contribution in [3.63, 3.8) is 0 Å². The molecule has 4 aromatic carbocycles. The van der Waals surface area contributed by atoms with Crippen LogP contribution in [0.4, 0.5) is 5.69 Å². The molecular formula is C34H25ClN2O4. The predicted molar refractivity (Wildman–Crippen MR) is 158 cm³/mol. The number of amides is 2. The lowest BCUT2D eigenvalue weighted by Crippen LogP contribution is -2.52. The van der Waals surface area contributed by atoms with Crippen LogP contribution in [0.15, 0.2) is 100 Å². The minimum absolute atomic E-state index is 0.0354. The van der Waals surface area contributed by atoms with Crippen LogP contribution in [-0.4, -0.2) is 16.7 Å². The third-order valence-electron chi connectivity index (χ3n) is 8.12. The van der Waals surface area contributed by atoms with Crippen LogP contribution in [-0.2, 0) is 23.4 Å². The maximum absolute atomic E-state index is 14.9. The minimum Gasteiger partial charge on any atom is -0.450 e. The average molecular weight is 561 g/mol. The summed E-state index contributed by atoms with van der Waals surface area (Å²) in [5, 5.41) is 0.585. The van der Waals surface area contributed by atoms with Gasteiger partial charge in [-0.3, -0.25) is 14.4 Å². The normalized spacial score (nSPS) is 17.5. The molecule has 0 radical (unpaired) electrons. The first kappa shape index (κ1) is 25.3. The van der Waals surface area contributed by atoms with Gasteiger partial charge in [-0.1, -0.05) is 89.5 Å². The molecule has 1 atom stereocenters. The molecule has 7 heteroatoms. The molecule has 0 saturated heterocycles. The minimum atomic E-state index is -1.70. The number of benzene rings is 4. The molecule has 2 aliphatic rings. The van der Waals surface area contributed by atoms with Crippen LogP contribution in [0.3, 0.4) is 0 Å². The summed E-state index contributed by atoms with van der Waals surface area (Å²) in [4.78, 5) is 46.6. The fraction of sp³-hybridized carbons (Fsp3) is 0.147. The van der Waals surface area contributed by atoms with Crippen molar-refractivity contribution in [3.8, 4) is 0 Å². The Morgan fingerprint density at radius 1 is 0.780 bits per heavy atom. The molecule has 41 heavy (non-hydrogen) atoms. The first-order valence-corrected chi connectivity index (χ1v) is 13.8. The van der Waals surface area contributed by atoms with Crippen LogP contribution < -0.4 is 10.3 Å². The van der Waals surface area contributed by atoms with Crippen molar-refractivity contribution in [1.29, 1.82) is 0 Å². The van der Waals surface area contributed by atoms with Crippen LogP contribution in [0.25, 0.3) is 11.0 Å². The number of fused-ring (bicyclic) bond motifs is 5. The van der Waals surface area contributed by atoms with Gasteiger partial charge in [-0.2, -0.15) is 0 Å². The molecule has 0 saturated carbocycles. The Hall–Kier alpha value is -4.68. The molecule has 1 aromatic heterocycles. The summed E-state index contributed by atoms with van der Waals surface area (Å²) < 4.78 is 6.14. The summed E-state index contributed by atoms with van der Waals surface area (Å²) in [7, 11) is 0. The third-order valence-corrected chi connectivity index (χ3v) is 8.36. The molecule has 2 amide bonds. The lowest BCUT2D eigenvalue weighted by Gasteiger charge is -2.34. The van der Waals surface area contributed by atoms with E-state index < -0.39 is 16.9 Å². The van der Waals surface area contributed by atoms with Gasteiger partial charge >= 0.3 is 0 Å². The summed E-state index contributed by atoms with van der Waals surface area (Å²) in [6.07, 6.45) is 0. The van der Waals surface area contributed by atoms with E-state index in [1.54, 1.807) is 17.0 Å². The Kier molecular flexibility index (Phi) is 5.66. The Bertz CT molecular complexity index is 1950. The van der Waals surface area contributed by atoms with Crippen LogP contribution in [0.2, 0.25) is 5.02 Å². The number of rotatable bonds is 4. The lowest BCUT2D eigenvalue weighted by atomic mass is 9.83. The van der Waals surface area contributed by atoms with Crippen molar-refractivity contribution < 1.29 is 14.0 Å². The van der Waals surface area contributed by atoms with Gasteiger partial charge in [-0.05, 0) is 49.2 Å². The van der Waals surface area contributed by atoms with Crippen LogP contribution in [0.5, 0.6) is 0 Å². The zero-order valence-electron chi connectivity index (χ0n) is 22.5. The number of hydrogen-bond acceptors (Lipinski definition) is 4. The number of aryl methyl sites for hydroxylation is 2. The SMILES string of the molecule is Cc1ccc(CN2C(=O)C3(c4ccccc42)c2c(oc4ccc(Cl)cc4c2=O)C(=O)N3Cc2ccc(C)cc2)cc1. The van der Waals surface area contributed by atoms with E-state index in [9.17, 15) is 14.4 Å². The second-order valence-corrected chi connectivity index (χ2v) is 11.2. The van der Waals surface area contributed by atoms with E-state index >= 15 is 0 Å². The molecule has 202 valence electrons. The Balaban J connectivity index is 1.50. The maximum Gasteiger partial charge on any atom is 0.291 e. The van der Waals surface area contributed by atoms with Gasteiger partial charge in [0, 0.05) is 17.1 Å². The second-order valence-electron chi connectivity index (χ2n) is 10.8. The molecule has 2 aliphatic heterocycles. The lowest BCUT2D eigenvalue weighted by molar-refractivity contribution is -0.126. The highest BCUT2D eigenvalue weighted by molar-refractivity contribution is 6.31. The molecule has 3 heterocycles. The molecular weight excluding hydrogens is 536 g/mol. The summed E-state index contributed by atoms with van der Waals surface area (Å²) in [6.45, 7) is 4.39. The summed E-state index contributed by atoms with van der Waals surface area (Å²) in [5.74, 6) is -0.987. The van der Waals surface area contributed by atoms with E-state index in [4.69, 9.17) is 16.0 Å². The molecule has 5 aromatic rings. The number of nitrogens with zero attached hydrogens (tertiary/aromatic N) is 2. The molecule has 0 N–H and O–H groups in total. The van der Waals surface area contributed by atoms with Gasteiger partial charge in [0.05, 0.1) is 23.2 Å². The van der Waals surface area contributed by atoms with Crippen molar-refractivity contribution in [2.45, 2.75) is 32.5 Å². The second kappa shape index (κ2) is 9.18. The fourth-order valence-corrected chi connectivity index (χ4v) is 6.27. The average Bonchev–Trinajstić information content (AvgIpc) is 3.36. The molecule has 1 spiro atoms. The van der Waals surface area contributed by atoms with E-state index in [0.717, 1.165) is 22.3 Å². The molecule has 0 bridgehead atoms. The summed E-state index contributed by atoms with van der Waals surface area (Å²) in [6, 6.07) is 27.8. The largest absolute Gasteiger partial charge is 0.450 e. The number of halogens is 1. The third kappa shape index (κ3) is 3.67. The van der Waals surface area contributed by atoms with E-state index in [1.807, 2.05) is 86.6 Å². The van der Waals surface area contributed by atoms with E-state index in [1.165, 1.54) is 11.0 Å². The number of para-hydroxylation sites is 1. The molecule has 1 unspecified atom stereocenters. The highest BCUT2D eigenvalue weighted by atomic mass is 35.5. The Morgan fingerprint density at radius 3 is 2.10 bits per heavy atom.